The Morgan fingerprint density at radius 1 is 1.37 bits per heavy atom. The highest BCUT2D eigenvalue weighted by Crippen LogP contribution is 2.32. The van der Waals surface area contributed by atoms with E-state index in [0.29, 0.717) is 11.5 Å². The first-order chi connectivity index (χ1) is 8.90. The number of hydrogen-bond acceptors (Lipinski definition) is 4. The highest BCUT2D eigenvalue weighted by molar-refractivity contribution is 9.10. The highest BCUT2D eigenvalue weighted by Gasteiger charge is 2.32. The smallest absolute Gasteiger partial charge is 0.405 e. The summed E-state index contributed by atoms with van der Waals surface area (Å²) < 4.78 is 41.6. The lowest BCUT2D eigenvalue weighted by atomic mass is 10.3. The summed E-state index contributed by atoms with van der Waals surface area (Å²) in [6.07, 6.45) is -4.75. The van der Waals surface area contributed by atoms with E-state index in [0.717, 1.165) is 6.07 Å². The van der Waals surface area contributed by atoms with Crippen molar-refractivity contribution in [3.8, 4) is 11.4 Å². The third-order valence-electron chi connectivity index (χ3n) is 2.04. The number of tetrazole rings is 1. The van der Waals surface area contributed by atoms with Crippen molar-refractivity contribution in [1.29, 1.82) is 0 Å². The molecule has 0 aliphatic rings. The average molecular weight is 358 g/mol. The zero-order chi connectivity index (χ0) is 14.0. The van der Waals surface area contributed by atoms with Gasteiger partial charge in [0, 0.05) is 0 Å². The van der Waals surface area contributed by atoms with Crippen molar-refractivity contribution >= 4 is 27.5 Å². The molecule has 0 saturated heterocycles. The predicted octanol–water partition coefficient (Wildman–Crippen LogP) is 3.06. The second-order valence-corrected chi connectivity index (χ2v) is 4.42. The first-order valence-electron chi connectivity index (χ1n) is 4.79. The fourth-order valence-corrected chi connectivity index (χ4v) is 1.93. The van der Waals surface area contributed by atoms with Crippen molar-refractivity contribution in [1.82, 2.24) is 20.2 Å². The van der Waals surface area contributed by atoms with Crippen molar-refractivity contribution in [2.24, 2.45) is 0 Å². The summed E-state index contributed by atoms with van der Waals surface area (Å²) in [5.74, 6) is 0.0978. The molecule has 1 aromatic heterocycles. The summed E-state index contributed by atoms with van der Waals surface area (Å²) in [5, 5.41) is 10.8. The molecule has 0 aliphatic heterocycles. The SMILES string of the molecule is FC(F)(F)Oc1ccc(-n2nnnc2CCl)cc1Br. The van der Waals surface area contributed by atoms with Crippen LogP contribution in [0.5, 0.6) is 5.75 Å². The molecule has 0 aliphatic carbocycles. The summed E-state index contributed by atoms with van der Waals surface area (Å²) in [6.45, 7) is 0. The van der Waals surface area contributed by atoms with Gasteiger partial charge in [-0.2, -0.15) is 4.68 Å². The first-order valence-corrected chi connectivity index (χ1v) is 6.12. The minimum atomic E-state index is -4.75. The third-order valence-corrected chi connectivity index (χ3v) is 2.90. The monoisotopic (exact) mass is 356 g/mol. The maximum Gasteiger partial charge on any atom is 0.573 e. The fourth-order valence-electron chi connectivity index (χ4n) is 1.32. The Morgan fingerprint density at radius 3 is 2.68 bits per heavy atom. The molecule has 1 aromatic carbocycles. The molecule has 2 rings (SSSR count). The Balaban J connectivity index is 2.34. The van der Waals surface area contributed by atoms with Crippen molar-refractivity contribution < 1.29 is 17.9 Å². The number of nitrogens with zero attached hydrogens (tertiary/aromatic N) is 4. The zero-order valence-corrected chi connectivity index (χ0v) is 11.4. The van der Waals surface area contributed by atoms with Crippen LogP contribution in [0.3, 0.4) is 0 Å². The molecule has 19 heavy (non-hydrogen) atoms. The zero-order valence-electron chi connectivity index (χ0n) is 9.03. The van der Waals surface area contributed by atoms with E-state index in [1.54, 1.807) is 0 Å². The molecular formula is C9H5BrClF3N4O. The van der Waals surface area contributed by atoms with Crippen LogP contribution >= 0.6 is 27.5 Å². The molecule has 0 N–H and O–H groups in total. The van der Waals surface area contributed by atoms with Crippen molar-refractivity contribution in [3.63, 3.8) is 0 Å². The van der Waals surface area contributed by atoms with E-state index in [1.807, 2.05) is 0 Å². The standard InChI is InChI=1S/C9H5BrClF3N4O/c10-6-3-5(18-8(4-11)15-16-17-18)1-2-7(6)19-9(12,13)14/h1-3H,4H2. The molecule has 0 spiro atoms. The van der Waals surface area contributed by atoms with Crippen LogP contribution in [-0.4, -0.2) is 26.6 Å². The van der Waals surface area contributed by atoms with Crippen molar-refractivity contribution in [3.05, 3.63) is 28.5 Å². The van der Waals surface area contributed by atoms with Crippen LogP contribution < -0.4 is 4.74 Å². The highest BCUT2D eigenvalue weighted by atomic mass is 79.9. The number of aromatic nitrogens is 4. The molecule has 0 unspecified atom stereocenters. The fraction of sp³-hybridized carbons (Fsp3) is 0.222. The normalized spacial score (nSPS) is 11.6. The molecule has 0 fully saturated rings. The minimum absolute atomic E-state index is 0.0748. The lowest BCUT2D eigenvalue weighted by Crippen LogP contribution is -2.17. The van der Waals surface area contributed by atoms with Gasteiger partial charge in [0.25, 0.3) is 0 Å². The van der Waals surface area contributed by atoms with E-state index < -0.39 is 6.36 Å². The Labute approximate surface area is 118 Å². The number of rotatable bonds is 3. The molecule has 1 heterocycles. The number of benzene rings is 1. The van der Waals surface area contributed by atoms with Crippen LogP contribution in [-0.2, 0) is 5.88 Å². The maximum atomic E-state index is 12.1. The minimum Gasteiger partial charge on any atom is -0.405 e. The van der Waals surface area contributed by atoms with Gasteiger partial charge in [0.15, 0.2) is 5.82 Å². The second kappa shape index (κ2) is 5.33. The van der Waals surface area contributed by atoms with Gasteiger partial charge in [-0.25, -0.2) is 0 Å². The van der Waals surface area contributed by atoms with Gasteiger partial charge in [0.1, 0.15) is 5.75 Å². The van der Waals surface area contributed by atoms with Crippen LogP contribution in [0, 0.1) is 0 Å². The van der Waals surface area contributed by atoms with E-state index in [9.17, 15) is 13.2 Å². The molecule has 0 radical (unpaired) electrons. The van der Waals surface area contributed by atoms with E-state index in [4.69, 9.17) is 11.6 Å². The maximum absolute atomic E-state index is 12.1. The molecule has 10 heteroatoms. The number of alkyl halides is 4. The Morgan fingerprint density at radius 2 is 2.11 bits per heavy atom. The molecule has 102 valence electrons. The van der Waals surface area contributed by atoms with Gasteiger partial charge in [-0.1, -0.05) is 0 Å². The van der Waals surface area contributed by atoms with Gasteiger partial charge < -0.3 is 4.74 Å². The molecule has 5 nitrogen and oxygen atoms in total. The summed E-state index contributed by atoms with van der Waals surface area (Å²) in [6, 6.07) is 3.94. The van der Waals surface area contributed by atoms with E-state index >= 15 is 0 Å². The molecule has 2 aromatic rings. The van der Waals surface area contributed by atoms with Gasteiger partial charge in [-0.15, -0.1) is 29.9 Å². The third kappa shape index (κ3) is 3.35. The van der Waals surface area contributed by atoms with Gasteiger partial charge >= 0.3 is 6.36 Å². The van der Waals surface area contributed by atoms with Gasteiger partial charge in [0.2, 0.25) is 0 Å². The Bertz CT molecular complexity index is 589. The summed E-state index contributed by atoms with van der Waals surface area (Å²) in [5.41, 5.74) is 0.460. The lowest BCUT2D eigenvalue weighted by Gasteiger charge is -2.11. The van der Waals surface area contributed by atoms with Crippen LogP contribution in [0.2, 0.25) is 0 Å². The number of hydrogen-bond donors (Lipinski definition) is 0. The van der Waals surface area contributed by atoms with Crippen LogP contribution in [0.1, 0.15) is 5.82 Å². The number of halogens is 5. The Hall–Kier alpha value is -1.35. The van der Waals surface area contributed by atoms with E-state index in [1.165, 1.54) is 16.8 Å². The molecule has 0 bridgehead atoms. The van der Waals surface area contributed by atoms with E-state index in [-0.39, 0.29) is 16.1 Å². The largest absolute Gasteiger partial charge is 0.573 e. The first kappa shape index (κ1) is 14.1. The van der Waals surface area contributed by atoms with Gasteiger partial charge in [0.05, 0.1) is 16.0 Å². The Kier molecular flexibility index (Phi) is 3.95. The molecule has 0 saturated carbocycles. The van der Waals surface area contributed by atoms with Crippen LogP contribution in [0.15, 0.2) is 22.7 Å². The van der Waals surface area contributed by atoms with Gasteiger partial charge in [-0.3, -0.25) is 0 Å². The number of ether oxygens (including phenoxy) is 1. The summed E-state index contributed by atoms with van der Waals surface area (Å²) in [7, 11) is 0. The molecular weight excluding hydrogens is 352 g/mol. The predicted molar refractivity (Wildman–Crippen MR) is 63.1 cm³/mol. The summed E-state index contributed by atoms with van der Waals surface area (Å²) >= 11 is 8.62. The van der Waals surface area contributed by atoms with Crippen LogP contribution in [0.25, 0.3) is 5.69 Å². The van der Waals surface area contributed by atoms with Crippen molar-refractivity contribution in [2.75, 3.05) is 0 Å². The molecule has 0 atom stereocenters. The summed E-state index contributed by atoms with van der Waals surface area (Å²) in [4.78, 5) is 0. The quantitative estimate of drug-likeness (QED) is 0.792. The van der Waals surface area contributed by atoms with E-state index in [2.05, 4.69) is 36.2 Å². The average Bonchev–Trinajstić information content (AvgIpc) is 2.78. The lowest BCUT2D eigenvalue weighted by molar-refractivity contribution is -0.274. The topological polar surface area (TPSA) is 52.8 Å². The van der Waals surface area contributed by atoms with Gasteiger partial charge in [-0.05, 0) is 44.6 Å². The van der Waals surface area contributed by atoms with Crippen LogP contribution in [0.4, 0.5) is 13.2 Å². The second-order valence-electron chi connectivity index (χ2n) is 3.30. The molecule has 0 amide bonds. The van der Waals surface area contributed by atoms with Crippen molar-refractivity contribution in [2.45, 2.75) is 12.2 Å².